The first-order chi connectivity index (χ1) is 28.9. The fourth-order valence-corrected chi connectivity index (χ4v) is 10.4. The van der Waals surface area contributed by atoms with E-state index in [-0.39, 0.29) is 110 Å². The van der Waals surface area contributed by atoms with Gasteiger partial charge < -0.3 is 34.0 Å². The summed E-state index contributed by atoms with van der Waals surface area (Å²) in [5.74, 6) is -0.561. The van der Waals surface area contributed by atoms with Crippen LogP contribution in [0, 0.1) is 23.7 Å². The second-order valence-electron chi connectivity index (χ2n) is 18.6. The Morgan fingerprint density at radius 1 is 1.07 bits per heavy atom. The summed E-state index contributed by atoms with van der Waals surface area (Å²) in [6.07, 6.45) is 8.78. The number of benzene rings is 1. The number of nitrogens with zero attached hydrogens (tertiary/aromatic N) is 4. The molecule has 0 spiro atoms. The molecule has 3 N–H and O–H groups in total. The third kappa shape index (κ3) is 11.1. The third-order valence-corrected chi connectivity index (χ3v) is 17.7. The molecule has 0 radical (unpaired) electrons. The van der Waals surface area contributed by atoms with Crippen molar-refractivity contribution < 1.29 is 42.9 Å². The number of hydrogen-bond acceptors (Lipinski definition) is 12. The second kappa shape index (κ2) is 19.7. The Kier molecular flexibility index (Phi) is 14.9. The summed E-state index contributed by atoms with van der Waals surface area (Å²) in [6, 6.07) is 4.00. The molecular weight excluding hydrogens is 801 g/mol. The van der Waals surface area contributed by atoms with Gasteiger partial charge in [-0.3, -0.25) is 24.5 Å². The topological polar surface area (TPSA) is 201 Å². The molecule has 6 rings (SSSR count). The zero-order chi connectivity index (χ0) is 44.1. The third-order valence-electron chi connectivity index (χ3n) is 13.2. The van der Waals surface area contributed by atoms with Crippen molar-refractivity contribution in [3.63, 3.8) is 0 Å². The van der Waals surface area contributed by atoms with Crippen molar-refractivity contribution >= 4 is 48.8 Å². The highest BCUT2D eigenvalue weighted by atomic mass is 28.4. The molecule has 17 heteroatoms. The van der Waals surface area contributed by atoms with E-state index in [4.69, 9.17) is 18.6 Å². The number of allylic oxidation sites excluding steroid dienone is 3. The average Bonchev–Trinajstić information content (AvgIpc) is 3.17. The molecule has 2 saturated heterocycles. The summed E-state index contributed by atoms with van der Waals surface area (Å²) in [7, 11) is -2.07. The Labute approximate surface area is 358 Å². The number of cyclic esters (lactones) is 1. The van der Waals surface area contributed by atoms with Crippen molar-refractivity contribution in [2.75, 3.05) is 44.8 Å². The van der Waals surface area contributed by atoms with E-state index in [0.29, 0.717) is 43.6 Å². The molecule has 0 bridgehead atoms. The summed E-state index contributed by atoms with van der Waals surface area (Å²) in [6.45, 7) is 17.0. The molecule has 2 aliphatic heterocycles. The van der Waals surface area contributed by atoms with E-state index in [2.05, 4.69) is 86.9 Å². The standard InChI is InChI=1S/C44H64N6O10Si/c1-27-23-29-12-11-28(2)32(14-13-30-25-31(26-38(52)59-30)60-61(6,7)44(3,4)5)39(29)36(24-27)49(43(55)56)18-20-58-22-21-57-19-17-45-33-9-8-10-34-40(33)42(54)50(48-47-34)35-15-16-37(51)46-41(35)53/h8-12,23,27-28,30-32,35-36,39,45H,13-22,24-26H2,1-7H3,(H,55,56)(H,46,51,53)/t27-,28-,30+,31+,32-,35?,36-,39-/m0/s1. The van der Waals surface area contributed by atoms with Crippen LogP contribution in [0.25, 0.3) is 10.9 Å². The van der Waals surface area contributed by atoms with Gasteiger partial charge in [0.1, 0.15) is 17.7 Å². The van der Waals surface area contributed by atoms with Gasteiger partial charge in [0, 0.05) is 43.6 Å². The maximum Gasteiger partial charge on any atom is 0.407 e. The highest BCUT2D eigenvalue weighted by Gasteiger charge is 2.45. The van der Waals surface area contributed by atoms with E-state index >= 15 is 0 Å². The zero-order valence-electron chi connectivity index (χ0n) is 36.7. The molecule has 16 nitrogen and oxygen atoms in total. The van der Waals surface area contributed by atoms with Gasteiger partial charge in [-0.25, -0.2) is 4.79 Å². The minimum atomic E-state index is -2.07. The molecule has 8 atom stereocenters. The molecule has 2 fully saturated rings. The molecular formula is C44H64N6O10Si. The highest BCUT2D eigenvalue weighted by molar-refractivity contribution is 6.74. The fourth-order valence-electron chi connectivity index (χ4n) is 9.05. The second-order valence-corrected chi connectivity index (χ2v) is 23.4. The lowest BCUT2D eigenvalue weighted by atomic mass is 9.64. The minimum Gasteiger partial charge on any atom is -0.465 e. The van der Waals surface area contributed by atoms with Gasteiger partial charge in [-0.1, -0.05) is 64.1 Å². The van der Waals surface area contributed by atoms with Gasteiger partial charge in [0.05, 0.1) is 44.3 Å². The summed E-state index contributed by atoms with van der Waals surface area (Å²) in [4.78, 5) is 64.7. The van der Waals surface area contributed by atoms with Crippen molar-refractivity contribution in [1.29, 1.82) is 0 Å². The number of anilines is 1. The van der Waals surface area contributed by atoms with Crippen LogP contribution in [0.2, 0.25) is 18.1 Å². The van der Waals surface area contributed by atoms with Crippen LogP contribution in [0.15, 0.2) is 46.8 Å². The van der Waals surface area contributed by atoms with Crippen LogP contribution in [0.4, 0.5) is 10.5 Å². The molecule has 2 aliphatic carbocycles. The molecule has 1 aromatic heterocycles. The van der Waals surface area contributed by atoms with E-state index in [0.717, 1.165) is 11.1 Å². The van der Waals surface area contributed by atoms with Crippen molar-refractivity contribution in [2.24, 2.45) is 23.7 Å². The quantitative estimate of drug-likeness (QED) is 0.0742. The number of carboxylic acid groups (broad SMARTS) is 1. The number of imide groups is 1. The number of esters is 1. The fraction of sp³-hybridized carbons (Fsp3) is 0.659. The number of carbonyl (C=O) groups is 4. The number of piperidine rings is 1. The van der Waals surface area contributed by atoms with Crippen LogP contribution in [0.3, 0.4) is 0 Å². The van der Waals surface area contributed by atoms with Gasteiger partial charge in [-0.2, -0.15) is 4.68 Å². The van der Waals surface area contributed by atoms with Crippen LogP contribution in [-0.4, -0.2) is 115 Å². The number of nitrogens with one attached hydrogen (secondary N) is 2. The maximum absolute atomic E-state index is 13.4. The van der Waals surface area contributed by atoms with E-state index in [1.807, 2.05) is 0 Å². The largest absolute Gasteiger partial charge is 0.465 e. The molecule has 334 valence electrons. The monoisotopic (exact) mass is 864 g/mol. The Balaban J connectivity index is 0.987. The lowest BCUT2D eigenvalue weighted by Crippen LogP contribution is -2.51. The van der Waals surface area contributed by atoms with Crippen LogP contribution < -0.4 is 16.2 Å². The molecule has 3 amide bonds. The molecule has 61 heavy (non-hydrogen) atoms. The lowest BCUT2D eigenvalue weighted by Gasteiger charge is -2.47. The van der Waals surface area contributed by atoms with Crippen molar-refractivity contribution in [3.05, 3.63) is 52.4 Å². The Bertz CT molecular complexity index is 2050. The average molecular weight is 865 g/mol. The predicted octanol–water partition coefficient (Wildman–Crippen LogP) is 5.84. The van der Waals surface area contributed by atoms with Crippen LogP contribution >= 0.6 is 0 Å². The number of amides is 3. The van der Waals surface area contributed by atoms with Crippen LogP contribution in [-0.2, 0) is 33.0 Å². The zero-order valence-corrected chi connectivity index (χ0v) is 37.7. The van der Waals surface area contributed by atoms with Crippen molar-refractivity contribution in [2.45, 2.75) is 122 Å². The molecule has 4 aliphatic rings. The number of rotatable bonds is 17. The summed E-state index contributed by atoms with van der Waals surface area (Å²) in [5.41, 5.74) is 1.58. The smallest absolute Gasteiger partial charge is 0.407 e. The number of ether oxygens (including phenoxy) is 3. The number of aromatic nitrogens is 3. The van der Waals surface area contributed by atoms with Crippen molar-refractivity contribution in [3.8, 4) is 0 Å². The first-order valence-electron chi connectivity index (χ1n) is 21.8. The Morgan fingerprint density at radius 2 is 1.82 bits per heavy atom. The number of carbonyl (C=O) groups excluding carboxylic acids is 3. The van der Waals surface area contributed by atoms with Gasteiger partial charge in [0.25, 0.3) is 11.5 Å². The van der Waals surface area contributed by atoms with Gasteiger partial charge in [0.15, 0.2) is 8.32 Å². The summed E-state index contributed by atoms with van der Waals surface area (Å²) in [5, 5.41) is 24.4. The van der Waals surface area contributed by atoms with E-state index in [9.17, 15) is 29.1 Å². The number of fused-ring (bicyclic) bond motifs is 2. The van der Waals surface area contributed by atoms with Crippen LogP contribution in [0.5, 0.6) is 0 Å². The minimum absolute atomic E-state index is 0.00999. The summed E-state index contributed by atoms with van der Waals surface area (Å²) >= 11 is 0. The summed E-state index contributed by atoms with van der Waals surface area (Å²) < 4.78 is 25.2. The normalized spacial score (nSPS) is 26.9. The van der Waals surface area contributed by atoms with Crippen LogP contribution in [0.1, 0.15) is 85.6 Å². The maximum atomic E-state index is 13.4. The van der Waals surface area contributed by atoms with Gasteiger partial charge >= 0.3 is 12.1 Å². The molecule has 0 saturated carbocycles. The highest BCUT2D eigenvalue weighted by Crippen LogP contribution is 2.46. The Hall–Kier alpha value is -4.45. The van der Waals surface area contributed by atoms with Crippen molar-refractivity contribution in [1.82, 2.24) is 25.2 Å². The predicted molar refractivity (Wildman–Crippen MR) is 231 cm³/mol. The first-order valence-corrected chi connectivity index (χ1v) is 24.7. The molecule has 1 aromatic carbocycles. The van der Waals surface area contributed by atoms with Gasteiger partial charge in [-0.15, -0.1) is 5.10 Å². The van der Waals surface area contributed by atoms with Gasteiger partial charge in [0.2, 0.25) is 5.91 Å². The lowest BCUT2D eigenvalue weighted by molar-refractivity contribution is -0.160. The Morgan fingerprint density at radius 3 is 2.54 bits per heavy atom. The van der Waals surface area contributed by atoms with E-state index in [1.54, 1.807) is 23.1 Å². The molecule has 3 heterocycles. The van der Waals surface area contributed by atoms with E-state index in [1.165, 1.54) is 5.57 Å². The molecule has 1 unspecified atom stereocenters. The van der Waals surface area contributed by atoms with Gasteiger partial charge in [-0.05, 0) is 79.3 Å². The number of hydrogen-bond donors (Lipinski definition) is 3. The SMILES string of the molecule is C[C@H]1C=C2C=C[C@H](C)[C@H](CC[C@@H]3C[C@@H](O[Si](C)(C)C(C)(C)C)CC(=O)O3)[C@H]2[C@@H](N(CCOCCOCCNc2cccc3nnn(C4CCC(=O)NC4=O)c(=O)c23)C(=O)O)C1. The first kappa shape index (κ1) is 46.1. The molecule has 2 aromatic rings. The van der Waals surface area contributed by atoms with E-state index < -0.39 is 31.9 Å².